The zero-order valence-corrected chi connectivity index (χ0v) is 16.3. The molecule has 2 rings (SSSR count). The van der Waals surface area contributed by atoms with Gasteiger partial charge in [-0.3, -0.25) is 9.69 Å². The fourth-order valence-corrected chi connectivity index (χ4v) is 3.17. The fraction of sp³-hybridized carbons (Fsp3) is 0.600. The number of hydrogen-bond acceptors (Lipinski definition) is 3. The van der Waals surface area contributed by atoms with Gasteiger partial charge in [0.1, 0.15) is 0 Å². The molecule has 144 valence electrons. The molecule has 6 nitrogen and oxygen atoms in total. The minimum Gasteiger partial charge on any atom is -0.355 e. The third kappa shape index (κ3) is 6.33. The number of amides is 3. The zero-order valence-electron chi connectivity index (χ0n) is 16.3. The standard InChI is InChI=1S/C20H32N4O2/c1-4-8-21-19(25)15-23-10-12-24(13-11-23)20(26)22-9-7-18-6-5-16(2)14-17(18)3/h5-6,14H,4,7-13,15H2,1-3H3,(H,21,25)(H,22,26). The predicted octanol–water partition coefficient (Wildman–Crippen LogP) is 1.70. The average Bonchev–Trinajstić information content (AvgIpc) is 2.62. The lowest BCUT2D eigenvalue weighted by molar-refractivity contribution is -0.122. The van der Waals surface area contributed by atoms with Gasteiger partial charge in [0.15, 0.2) is 0 Å². The molecule has 1 saturated heterocycles. The van der Waals surface area contributed by atoms with Crippen LogP contribution in [-0.4, -0.2) is 67.6 Å². The number of aryl methyl sites for hydroxylation is 2. The fourth-order valence-electron chi connectivity index (χ4n) is 3.17. The number of hydrogen-bond donors (Lipinski definition) is 2. The van der Waals surface area contributed by atoms with Crippen molar-refractivity contribution in [1.82, 2.24) is 20.4 Å². The molecular weight excluding hydrogens is 328 g/mol. The van der Waals surface area contributed by atoms with Gasteiger partial charge in [0.2, 0.25) is 5.91 Å². The van der Waals surface area contributed by atoms with Crippen LogP contribution in [0.4, 0.5) is 4.79 Å². The van der Waals surface area contributed by atoms with E-state index in [1.165, 1.54) is 16.7 Å². The normalized spacial score (nSPS) is 15.0. The second-order valence-corrected chi connectivity index (χ2v) is 7.03. The first kappa shape index (κ1) is 20.2. The summed E-state index contributed by atoms with van der Waals surface area (Å²) in [5.74, 6) is 0.0678. The van der Waals surface area contributed by atoms with Crippen LogP contribution in [-0.2, 0) is 11.2 Å². The third-order valence-corrected chi connectivity index (χ3v) is 4.77. The molecule has 1 aliphatic heterocycles. The summed E-state index contributed by atoms with van der Waals surface area (Å²) < 4.78 is 0. The molecule has 0 bridgehead atoms. The summed E-state index contributed by atoms with van der Waals surface area (Å²) >= 11 is 0. The highest BCUT2D eigenvalue weighted by molar-refractivity contribution is 5.78. The Morgan fingerprint density at radius 1 is 1.04 bits per heavy atom. The molecule has 26 heavy (non-hydrogen) atoms. The lowest BCUT2D eigenvalue weighted by atomic mass is 10.0. The number of carbonyl (C=O) groups is 2. The first-order valence-corrected chi connectivity index (χ1v) is 9.57. The summed E-state index contributed by atoms with van der Waals surface area (Å²) in [7, 11) is 0. The maximum Gasteiger partial charge on any atom is 0.317 e. The molecule has 1 aromatic rings. The number of rotatable bonds is 7. The van der Waals surface area contributed by atoms with Gasteiger partial charge in [-0.2, -0.15) is 0 Å². The summed E-state index contributed by atoms with van der Waals surface area (Å²) in [6.45, 7) is 10.8. The molecule has 0 unspecified atom stereocenters. The molecule has 0 saturated carbocycles. The van der Waals surface area contributed by atoms with E-state index in [4.69, 9.17) is 0 Å². The van der Waals surface area contributed by atoms with Crippen molar-refractivity contribution in [3.05, 3.63) is 34.9 Å². The van der Waals surface area contributed by atoms with Crippen molar-refractivity contribution in [2.24, 2.45) is 0 Å². The number of piperazine rings is 1. The van der Waals surface area contributed by atoms with E-state index in [1.54, 1.807) is 0 Å². The molecule has 1 fully saturated rings. The number of urea groups is 1. The smallest absolute Gasteiger partial charge is 0.317 e. The largest absolute Gasteiger partial charge is 0.355 e. The van der Waals surface area contributed by atoms with E-state index < -0.39 is 0 Å². The number of nitrogens with zero attached hydrogens (tertiary/aromatic N) is 2. The lowest BCUT2D eigenvalue weighted by Crippen LogP contribution is -2.53. The molecule has 2 N–H and O–H groups in total. The van der Waals surface area contributed by atoms with Crippen molar-refractivity contribution in [1.29, 1.82) is 0 Å². The van der Waals surface area contributed by atoms with Crippen LogP contribution in [0.3, 0.4) is 0 Å². The first-order valence-electron chi connectivity index (χ1n) is 9.57. The van der Waals surface area contributed by atoms with E-state index >= 15 is 0 Å². The van der Waals surface area contributed by atoms with E-state index in [-0.39, 0.29) is 11.9 Å². The second kappa shape index (κ2) is 10.2. The monoisotopic (exact) mass is 360 g/mol. The summed E-state index contributed by atoms with van der Waals surface area (Å²) in [6.07, 6.45) is 1.79. The van der Waals surface area contributed by atoms with Gasteiger partial charge in [-0.05, 0) is 37.8 Å². The molecule has 1 aliphatic rings. The minimum absolute atomic E-state index is 0.00940. The maximum atomic E-state index is 12.3. The second-order valence-electron chi connectivity index (χ2n) is 7.03. The van der Waals surface area contributed by atoms with Gasteiger partial charge >= 0.3 is 6.03 Å². The Hall–Kier alpha value is -2.08. The molecule has 0 radical (unpaired) electrons. The Labute approximate surface area is 156 Å². The predicted molar refractivity (Wildman–Crippen MR) is 104 cm³/mol. The van der Waals surface area contributed by atoms with Gasteiger partial charge in [-0.1, -0.05) is 30.7 Å². The molecule has 0 spiro atoms. The summed E-state index contributed by atoms with van der Waals surface area (Å²) in [4.78, 5) is 28.0. The van der Waals surface area contributed by atoms with Crippen LogP contribution in [0.15, 0.2) is 18.2 Å². The third-order valence-electron chi connectivity index (χ3n) is 4.77. The molecule has 0 aliphatic carbocycles. The molecule has 0 aromatic heterocycles. The van der Waals surface area contributed by atoms with Crippen molar-refractivity contribution >= 4 is 11.9 Å². The number of nitrogens with one attached hydrogen (secondary N) is 2. The van der Waals surface area contributed by atoms with Gasteiger partial charge in [0, 0.05) is 39.3 Å². The Kier molecular flexibility index (Phi) is 7.91. The quantitative estimate of drug-likeness (QED) is 0.778. The minimum atomic E-state index is -0.00940. The zero-order chi connectivity index (χ0) is 18.9. The topological polar surface area (TPSA) is 64.7 Å². The van der Waals surface area contributed by atoms with Crippen LogP contribution >= 0.6 is 0 Å². The number of carbonyl (C=O) groups excluding carboxylic acids is 2. The van der Waals surface area contributed by atoms with Crippen molar-refractivity contribution in [3.8, 4) is 0 Å². The Morgan fingerprint density at radius 3 is 2.42 bits per heavy atom. The van der Waals surface area contributed by atoms with Crippen molar-refractivity contribution in [3.63, 3.8) is 0 Å². The van der Waals surface area contributed by atoms with Gasteiger partial charge in [-0.25, -0.2) is 4.79 Å². The number of benzene rings is 1. The van der Waals surface area contributed by atoms with Crippen molar-refractivity contribution in [2.45, 2.75) is 33.6 Å². The van der Waals surface area contributed by atoms with E-state index in [1.807, 2.05) is 11.8 Å². The molecule has 3 amide bonds. The van der Waals surface area contributed by atoms with Crippen molar-refractivity contribution < 1.29 is 9.59 Å². The molecule has 0 atom stereocenters. The van der Waals surface area contributed by atoms with Crippen LogP contribution in [0.2, 0.25) is 0 Å². The molecular formula is C20H32N4O2. The Balaban J connectivity index is 1.67. The van der Waals surface area contributed by atoms with Crippen LogP contribution in [0.5, 0.6) is 0 Å². The van der Waals surface area contributed by atoms with Gasteiger partial charge < -0.3 is 15.5 Å². The van der Waals surface area contributed by atoms with Crippen LogP contribution in [0, 0.1) is 13.8 Å². The van der Waals surface area contributed by atoms with Crippen molar-refractivity contribution in [2.75, 3.05) is 45.8 Å². The van der Waals surface area contributed by atoms with E-state index in [0.717, 1.165) is 32.5 Å². The molecule has 1 aromatic carbocycles. The molecule has 1 heterocycles. The van der Waals surface area contributed by atoms with Gasteiger partial charge in [0.05, 0.1) is 6.54 Å². The first-order chi connectivity index (χ1) is 12.5. The Bertz CT molecular complexity index is 610. The van der Waals surface area contributed by atoms with E-state index in [2.05, 4.69) is 47.6 Å². The van der Waals surface area contributed by atoms with Crippen LogP contribution < -0.4 is 10.6 Å². The highest BCUT2D eigenvalue weighted by Gasteiger charge is 2.22. The molecule has 6 heteroatoms. The average molecular weight is 361 g/mol. The SMILES string of the molecule is CCCNC(=O)CN1CCN(C(=O)NCCc2ccc(C)cc2C)CC1. The summed E-state index contributed by atoms with van der Waals surface area (Å²) in [6, 6.07) is 6.41. The maximum absolute atomic E-state index is 12.3. The highest BCUT2D eigenvalue weighted by Crippen LogP contribution is 2.10. The summed E-state index contributed by atoms with van der Waals surface area (Å²) in [5, 5.41) is 5.91. The highest BCUT2D eigenvalue weighted by atomic mass is 16.2. The Morgan fingerprint density at radius 2 is 1.77 bits per heavy atom. The summed E-state index contributed by atoms with van der Waals surface area (Å²) in [5.41, 5.74) is 3.81. The van der Waals surface area contributed by atoms with Gasteiger partial charge in [0.25, 0.3) is 0 Å². The lowest BCUT2D eigenvalue weighted by Gasteiger charge is -2.34. The van der Waals surface area contributed by atoms with E-state index in [9.17, 15) is 9.59 Å². The van der Waals surface area contributed by atoms with Crippen LogP contribution in [0.1, 0.15) is 30.0 Å². The van der Waals surface area contributed by atoms with E-state index in [0.29, 0.717) is 26.2 Å². The van der Waals surface area contributed by atoms with Gasteiger partial charge in [-0.15, -0.1) is 0 Å². The van der Waals surface area contributed by atoms with Crippen LogP contribution in [0.25, 0.3) is 0 Å².